The summed E-state index contributed by atoms with van der Waals surface area (Å²) in [4.78, 5) is 12.7. The molecule has 0 radical (unpaired) electrons. The molecule has 5 heteroatoms. The quantitative estimate of drug-likeness (QED) is 0.601. The zero-order chi connectivity index (χ0) is 14.3. The van der Waals surface area contributed by atoms with Crippen LogP contribution in [0.5, 0.6) is 0 Å². The van der Waals surface area contributed by atoms with E-state index in [-0.39, 0.29) is 11.4 Å². The molecule has 0 aromatic heterocycles. The van der Waals surface area contributed by atoms with Crippen molar-refractivity contribution < 1.29 is 4.79 Å². The summed E-state index contributed by atoms with van der Waals surface area (Å²) in [6.45, 7) is 4.30. The van der Waals surface area contributed by atoms with Crippen molar-refractivity contribution in [1.29, 1.82) is 0 Å². The van der Waals surface area contributed by atoms with E-state index in [4.69, 9.17) is 17.3 Å². The molecule has 19 heavy (non-hydrogen) atoms. The van der Waals surface area contributed by atoms with Gasteiger partial charge in [-0.1, -0.05) is 11.6 Å². The Kier molecular flexibility index (Phi) is 6.69. The van der Waals surface area contributed by atoms with Crippen molar-refractivity contribution in [2.24, 2.45) is 5.73 Å². The predicted octanol–water partition coefficient (Wildman–Crippen LogP) is 3.07. The minimum Gasteiger partial charge on any atom is -0.354 e. The number of carbonyl (C=O) groups excluding carboxylic acids is 1. The Labute approximate surface area is 124 Å². The molecule has 3 nitrogen and oxygen atoms in total. The molecule has 0 aliphatic rings. The maximum Gasteiger partial charge on any atom is 0.220 e. The highest BCUT2D eigenvalue weighted by Crippen LogP contribution is 2.21. The highest BCUT2D eigenvalue weighted by molar-refractivity contribution is 7.99. The van der Waals surface area contributed by atoms with Gasteiger partial charge in [0.1, 0.15) is 0 Å². The van der Waals surface area contributed by atoms with Gasteiger partial charge in [0.2, 0.25) is 5.91 Å². The molecule has 3 N–H and O–H groups in total. The first kappa shape index (κ1) is 16.3. The van der Waals surface area contributed by atoms with Gasteiger partial charge >= 0.3 is 0 Å². The van der Waals surface area contributed by atoms with Crippen molar-refractivity contribution in [3.63, 3.8) is 0 Å². The second-order valence-electron chi connectivity index (χ2n) is 5.17. The number of carbonyl (C=O) groups is 1. The molecule has 0 fully saturated rings. The third kappa shape index (κ3) is 8.14. The molecule has 0 aliphatic heterocycles. The van der Waals surface area contributed by atoms with Crippen molar-refractivity contribution in [1.82, 2.24) is 5.32 Å². The molecular formula is C14H21ClN2OS. The molecule has 0 saturated heterocycles. The number of thioether (sulfide) groups is 1. The lowest BCUT2D eigenvalue weighted by molar-refractivity contribution is -0.121. The van der Waals surface area contributed by atoms with Gasteiger partial charge in [-0.05, 0) is 50.3 Å². The first-order chi connectivity index (χ1) is 8.87. The zero-order valence-corrected chi connectivity index (χ0v) is 13.0. The normalized spacial score (nSPS) is 11.4. The Morgan fingerprint density at radius 3 is 2.58 bits per heavy atom. The standard InChI is InChI=1S/C14H21ClN2OS/c1-14(2,16)10-17-13(18)4-3-9-19-12-7-5-11(15)6-8-12/h5-8H,3-4,9-10,16H2,1-2H3,(H,17,18). The van der Waals surface area contributed by atoms with Crippen molar-refractivity contribution in [3.8, 4) is 0 Å². The van der Waals surface area contributed by atoms with Crippen LogP contribution in [0, 0.1) is 0 Å². The Balaban J connectivity index is 2.13. The molecule has 0 spiro atoms. The van der Waals surface area contributed by atoms with Crippen LogP contribution < -0.4 is 11.1 Å². The lowest BCUT2D eigenvalue weighted by atomic mass is 10.1. The second-order valence-corrected chi connectivity index (χ2v) is 6.78. The summed E-state index contributed by atoms with van der Waals surface area (Å²) < 4.78 is 0. The maximum atomic E-state index is 11.6. The number of hydrogen-bond acceptors (Lipinski definition) is 3. The van der Waals surface area contributed by atoms with Crippen molar-refractivity contribution >= 4 is 29.3 Å². The SMILES string of the molecule is CC(C)(N)CNC(=O)CCCSc1ccc(Cl)cc1. The monoisotopic (exact) mass is 300 g/mol. The predicted molar refractivity (Wildman–Crippen MR) is 82.7 cm³/mol. The average Bonchev–Trinajstić information content (AvgIpc) is 2.33. The Morgan fingerprint density at radius 2 is 2.00 bits per heavy atom. The number of nitrogens with one attached hydrogen (secondary N) is 1. The highest BCUT2D eigenvalue weighted by Gasteiger charge is 2.11. The van der Waals surface area contributed by atoms with E-state index in [0.717, 1.165) is 17.2 Å². The molecule has 0 unspecified atom stereocenters. The van der Waals surface area contributed by atoms with E-state index in [2.05, 4.69) is 5.32 Å². The molecule has 0 heterocycles. The number of nitrogens with two attached hydrogens (primary N) is 1. The van der Waals surface area contributed by atoms with E-state index >= 15 is 0 Å². The average molecular weight is 301 g/mol. The van der Waals surface area contributed by atoms with Crippen LogP contribution in [0.4, 0.5) is 0 Å². The smallest absolute Gasteiger partial charge is 0.220 e. The summed E-state index contributed by atoms with van der Waals surface area (Å²) in [5.74, 6) is 0.983. The van der Waals surface area contributed by atoms with E-state index in [1.165, 1.54) is 4.90 Å². The van der Waals surface area contributed by atoms with Gasteiger partial charge in [0.25, 0.3) is 0 Å². The topological polar surface area (TPSA) is 55.1 Å². The van der Waals surface area contributed by atoms with E-state index in [1.54, 1.807) is 11.8 Å². The molecule has 106 valence electrons. The number of hydrogen-bond donors (Lipinski definition) is 2. The molecular weight excluding hydrogens is 280 g/mol. The Morgan fingerprint density at radius 1 is 1.37 bits per heavy atom. The van der Waals surface area contributed by atoms with Gasteiger partial charge in [0.05, 0.1) is 0 Å². The summed E-state index contributed by atoms with van der Waals surface area (Å²) in [7, 11) is 0. The summed E-state index contributed by atoms with van der Waals surface area (Å²) >= 11 is 7.55. The van der Waals surface area contributed by atoms with E-state index in [0.29, 0.717) is 13.0 Å². The zero-order valence-electron chi connectivity index (χ0n) is 11.4. The fraction of sp³-hybridized carbons (Fsp3) is 0.500. The first-order valence-corrected chi connectivity index (χ1v) is 7.67. The maximum absolute atomic E-state index is 11.6. The van der Waals surface area contributed by atoms with Gasteiger partial charge in [-0.2, -0.15) is 0 Å². The van der Waals surface area contributed by atoms with Crippen LogP contribution in [0.15, 0.2) is 29.2 Å². The Hall–Kier alpha value is -0.710. The minimum atomic E-state index is -0.353. The summed E-state index contributed by atoms with van der Waals surface area (Å²) in [5, 5.41) is 3.58. The first-order valence-electron chi connectivity index (χ1n) is 6.31. The van der Waals surface area contributed by atoms with Crippen molar-refractivity contribution in [3.05, 3.63) is 29.3 Å². The summed E-state index contributed by atoms with van der Waals surface area (Å²) in [5.41, 5.74) is 5.44. The number of rotatable bonds is 7. The largest absolute Gasteiger partial charge is 0.354 e. The summed E-state index contributed by atoms with van der Waals surface area (Å²) in [6.07, 6.45) is 1.39. The van der Waals surface area contributed by atoms with E-state index in [1.807, 2.05) is 38.1 Å². The lowest BCUT2D eigenvalue weighted by Crippen LogP contribution is -2.45. The second kappa shape index (κ2) is 7.78. The molecule has 0 saturated carbocycles. The third-order valence-electron chi connectivity index (χ3n) is 2.37. The fourth-order valence-electron chi connectivity index (χ4n) is 1.37. The van der Waals surface area contributed by atoms with Crippen LogP contribution >= 0.6 is 23.4 Å². The number of benzene rings is 1. The van der Waals surface area contributed by atoms with Crippen LogP contribution in [0.1, 0.15) is 26.7 Å². The highest BCUT2D eigenvalue weighted by atomic mass is 35.5. The molecule has 0 aliphatic carbocycles. The summed E-state index contributed by atoms with van der Waals surface area (Å²) in [6, 6.07) is 7.73. The third-order valence-corrected chi connectivity index (χ3v) is 3.72. The van der Waals surface area contributed by atoms with Gasteiger partial charge in [-0.3, -0.25) is 4.79 Å². The molecule has 1 amide bonds. The molecule has 1 aromatic carbocycles. The van der Waals surface area contributed by atoms with E-state index < -0.39 is 0 Å². The minimum absolute atomic E-state index is 0.0650. The van der Waals surface area contributed by atoms with Crippen LogP contribution in [0.3, 0.4) is 0 Å². The molecule has 0 bridgehead atoms. The van der Waals surface area contributed by atoms with Crippen LogP contribution in [0.25, 0.3) is 0 Å². The number of amides is 1. The lowest BCUT2D eigenvalue weighted by Gasteiger charge is -2.18. The fourth-order valence-corrected chi connectivity index (χ4v) is 2.35. The van der Waals surface area contributed by atoms with E-state index in [9.17, 15) is 4.79 Å². The molecule has 1 rings (SSSR count). The molecule has 0 atom stereocenters. The Bertz CT molecular complexity index is 401. The van der Waals surface area contributed by atoms with Crippen LogP contribution in [0.2, 0.25) is 5.02 Å². The molecule has 1 aromatic rings. The van der Waals surface area contributed by atoms with Gasteiger partial charge in [-0.15, -0.1) is 11.8 Å². The van der Waals surface area contributed by atoms with Crippen LogP contribution in [-0.4, -0.2) is 23.7 Å². The van der Waals surface area contributed by atoms with Crippen molar-refractivity contribution in [2.75, 3.05) is 12.3 Å². The van der Waals surface area contributed by atoms with Gasteiger partial charge in [0.15, 0.2) is 0 Å². The van der Waals surface area contributed by atoms with Crippen LogP contribution in [-0.2, 0) is 4.79 Å². The van der Waals surface area contributed by atoms with Crippen molar-refractivity contribution in [2.45, 2.75) is 37.1 Å². The van der Waals surface area contributed by atoms with Gasteiger partial charge < -0.3 is 11.1 Å². The van der Waals surface area contributed by atoms with Gasteiger partial charge in [-0.25, -0.2) is 0 Å². The van der Waals surface area contributed by atoms with Gasteiger partial charge in [0, 0.05) is 28.4 Å². The number of halogens is 1.